The van der Waals surface area contributed by atoms with Gasteiger partial charge in [0, 0.05) is 13.7 Å². The van der Waals surface area contributed by atoms with Crippen LogP contribution in [0.5, 0.6) is 0 Å². The predicted molar refractivity (Wildman–Crippen MR) is 83.0 cm³/mol. The Morgan fingerprint density at radius 2 is 2.04 bits per heavy atom. The van der Waals surface area contributed by atoms with E-state index in [1.807, 2.05) is 0 Å². The minimum absolute atomic E-state index is 0.0185. The summed E-state index contributed by atoms with van der Waals surface area (Å²) in [5.41, 5.74) is 0.291. The number of hydrogen-bond donors (Lipinski definition) is 2. The number of nitrogens with one attached hydrogen (secondary N) is 1. The van der Waals surface area contributed by atoms with E-state index in [0.717, 1.165) is 0 Å². The zero-order valence-electron chi connectivity index (χ0n) is 13.1. The molecule has 1 aromatic carbocycles. The highest BCUT2D eigenvalue weighted by atomic mass is 19.1. The summed E-state index contributed by atoms with van der Waals surface area (Å²) < 4.78 is 23.8. The third-order valence-corrected chi connectivity index (χ3v) is 3.45. The first-order valence-electron chi connectivity index (χ1n) is 7.33. The standard InChI is InChI=1S/C17H18FNO5/c1-23-10-13-6-7-15(24-13)16(20)19-9-12(17(21)22)8-11-4-2-3-5-14(11)18/h2-7,12H,8-10H2,1H3,(H,19,20)(H,21,22). The van der Waals surface area contributed by atoms with Crippen molar-refractivity contribution in [3.63, 3.8) is 0 Å². The van der Waals surface area contributed by atoms with Crippen molar-refractivity contribution >= 4 is 11.9 Å². The normalized spacial score (nSPS) is 11.9. The number of rotatable bonds is 8. The van der Waals surface area contributed by atoms with Gasteiger partial charge in [0.1, 0.15) is 18.2 Å². The predicted octanol–water partition coefficient (Wildman–Crippen LogP) is 2.24. The highest BCUT2D eigenvalue weighted by Gasteiger charge is 2.21. The molecular formula is C17H18FNO5. The van der Waals surface area contributed by atoms with Gasteiger partial charge in [-0.3, -0.25) is 9.59 Å². The first kappa shape index (κ1) is 17.7. The molecule has 0 spiro atoms. The molecule has 0 saturated heterocycles. The number of carboxylic acid groups (broad SMARTS) is 1. The Hall–Kier alpha value is -2.67. The van der Waals surface area contributed by atoms with E-state index in [1.165, 1.54) is 31.4 Å². The number of ether oxygens (including phenoxy) is 1. The molecule has 1 unspecified atom stereocenters. The monoisotopic (exact) mass is 335 g/mol. The second kappa shape index (κ2) is 8.26. The number of aliphatic carboxylic acids is 1. The van der Waals surface area contributed by atoms with Crippen molar-refractivity contribution in [1.29, 1.82) is 0 Å². The Morgan fingerprint density at radius 1 is 1.29 bits per heavy atom. The number of carbonyl (C=O) groups excluding carboxylic acids is 1. The molecule has 7 heteroatoms. The highest BCUT2D eigenvalue weighted by molar-refractivity contribution is 5.91. The molecule has 1 amide bonds. The molecule has 24 heavy (non-hydrogen) atoms. The molecule has 1 atom stereocenters. The summed E-state index contributed by atoms with van der Waals surface area (Å²) in [6.45, 7) is 0.0983. The number of amides is 1. The van der Waals surface area contributed by atoms with Crippen LogP contribution in [-0.4, -0.2) is 30.6 Å². The van der Waals surface area contributed by atoms with Crippen molar-refractivity contribution in [2.75, 3.05) is 13.7 Å². The van der Waals surface area contributed by atoms with Crippen molar-refractivity contribution < 1.29 is 28.2 Å². The smallest absolute Gasteiger partial charge is 0.308 e. The minimum atomic E-state index is -1.11. The molecule has 0 saturated carbocycles. The number of furan rings is 1. The molecule has 0 fully saturated rings. The van der Waals surface area contributed by atoms with E-state index in [0.29, 0.717) is 11.3 Å². The fraction of sp³-hybridized carbons (Fsp3) is 0.294. The van der Waals surface area contributed by atoms with Crippen LogP contribution < -0.4 is 5.32 Å². The maximum atomic E-state index is 13.6. The minimum Gasteiger partial charge on any atom is -0.481 e. The van der Waals surface area contributed by atoms with E-state index in [-0.39, 0.29) is 25.3 Å². The average molecular weight is 335 g/mol. The Kier molecular flexibility index (Phi) is 6.08. The van der Waals surface area contributed by atoms with E-state index in [1.54, 1.807) is 12.1 Å². The summed E-state index contributed by atoms with van der Waals surface area (Å²) in [6, 6.07) is 9.05. The lowest BCUT2D eigenvalue weighted by molar-refractivity contribution is -0.141. The van der Waals surface area contributed by atoms with Crippen LogP contribution in [-0.2, 0) is 22.6 Å². The van der Waals surface area contributed by atoms with Crippen LogP contribution in [0.15, 0.2) is 40.8 Å². The van der Waals surface area contributed by atoms with Crippen molar-refractivity contribution in [2.24, 2.45) is 5.92 Å². The molecule has 6 nitrogen and oxygen atoms in total. The van der Waals surface area contributed by atoms with Crippen molar-refractivity contribution in [2.45, 2.75) is 13.0 Å². The third-order valence-electron chi connectivity index (χ3n) is 3.45. The topological polar surface area (TPSA) is 88.8 Å². The molecule has 0 radical (unpaired) electrons. The summed E-state index contributed by atoms with van der Waals surface area (Å²) in [5.74, 6) is -2.50. The second-order valence-corrected chi connectivity index (χ2v) is 5.24. The van der Waals surface area contributed by atoms with Crippen LogP contribution in [0.3, 0.4) is 0 Å². The van der Waals surface area contributed by atoms with Gasteiger partial charge in [-0.15, -0.1) is 0 Å². The number of methoxy groups -OCH3 is 1. The molecule has 1 aromatic heterocycles. The molecular weight excluding hydrogens is 317 g/mol. The lowest BCUT2D eigenvalue weighted by Crippen LogP contribution is -2.34. The summed E-state index contributed by atoms with van der Waals surface area (Å²) in [6.07, 6.45) is -0.0185. The lowest BCUT2D eigenvalue weighted by atomic mass is 9.99. The zero-order valence-corrected chi connectivity index (χ0v) is 13.1. The van der Waals surface area contributed by atoms with Crippen LogP contribution >= 0.6 is 0 Å². The van der Waals surface area contributed by atoms with Gasteiger partial charge in [-0.2, -0.15) is 0 Å². The molecule has 2 aromatic rings. The Labute approximate surface area is 138 Å². The second-order valence-electron chi connectivity index (χ2n) is 5.24. The Bertz CT molecular complexity index is 713. The number of carbonyl (C=O) groups is 2. The summed E-state index contributed by atoms with van der Waals surface area (Å²) in [7, 11) is 1.50. The number of halogens is 1. The highest BCUT2D eigenvalue weighted by Crippen LogP contribution is 2.14. The molecule has 1 heterocycles. The molecule has 0 aliphatic carbocycles. The summed E-state index contributed by atoms with van der Waals surface area (Å²) in [4.78, 5) is 23.3. The fourth-order valence-corrected chi connectivity index (χ4v) is 2.20. The Balaban J connectivity index is 1.96. The van der Waals surface area contributed by atoms with Gasteiger partial charge in [0.15, 0.2) is 5.76 Å². The number of carboxylic acids is 1. The van der Waals surface area contributed by atoms with Gasteiger partial charge in [0.25, 0.3) is 5.91 Å². The van der Waals surface area contributed by atoms with Gasteiger partial charge in [-0.25, -0.2) is 4.39 Å². The largest absolute Gasteiger partial charge is 0.481 e. The van der Waals surface area contributed by atoms with Crippen LogP contribution in [0, 0.1) is 11.7 Å². The van der Waals surface area contributed by atoms with E-state index in [4.69, 9.17) is 9.15 Å². The van der Waals surface area contributed by atoms with Crippen molar-refractivity contribution in [1.82, 2.24) is 5.32 Å². The van der Waals surface area contributed by atoms with Crippen LogP contribution in [0.2, 0.25) is 0 Å². The molecule has 2 rings (SSSR count). The van der Waals surface area contributed by atoms with Gasteiger partial charge in [-0.1, -0.05) is 18.2 Å². The van der Waals surface area contributed by atoms with Crippen molar-refractivity contribution in [3.8, 4) is 0 Å². The molecule has 2 N–H and O–H groups in total. The number of benzene rings is 1. The summed E-state index contributed by atoms with van der Waals surface area (Å²) in [5, 5.41) is 11.8. The van der Waals surface area contributed by atoms with Gasteiger partial charge in [-0.05, 0) is 30.2 Å². The van der Waals surface area contributed by atoms with E-state index in [9.17, 15) is 19.1 Å². The van der Waals surface area contributed by atoms with Crippen LogP contribution in [0.1, 0.15) is 21.9 Å². The van der Waals surface area contributed by atoms with Crippen LogP contribution in [0.4, 0.5) is 4.39 Å². The fourth-order valence-electron chi connectivity index (χ4n) is 2.20. The maximum Gasteiger partial charge on any atom is 0.308 e. The van der Waals surface area contributed by atoms with Gasteiger partial charge in [0.05, 0.1) is 5.92 Å². The lowest BCUT2D eigenvalue weighted by Gasteiger charge is -2.13. The summed E-state index contributed by atoms with van der Waals surface area (Å²) >= 11 is 0. The first-order chi connectivity index (χ1) is 11.5. The van der Waals surface area contributed by atoms with Gasteiger partial charge >= 0.3 is 5.97 Å². The van der Waals surface area contributed by atoms with Crippen LogP contribution in [0.25, 0.3) is 0 Å². The Morgan fingerprint density at radius 3 is 2.71 bits per heavy atom. The van der Waals surface area contributed by atoms with E-state index < -0.39 is 23.6 Å². The first-order valence-corrected chi connectivity index (χ1v) is 7.33. The molecule has 0 aliphatic rings. The van der Waals surface area contributed by atoms with Gasteiger partial charge < -0.3 is 19.6 Å². The molecule has 0 aliphatic heterocycles. The van der Waals surface area contributed by atoms with E-state index >= 15 is 0 Å². The van der Waals surface area contributed by atoms with Crippen molar-refractivity contribution in [3.05, 3.63) is 59.3 Å². The number of hydrogen-bond acceptors (Lipinski definition) is 4. The van der Waals surface area contributed by atoms with Gasteiger partial charge in [0.2, 0.25) is 0 Å². The zero-order chi connectivity index (χ0) is 17.5. The SMILES string of the molecule is COCc1ccc(C(=O)NCC(Cc2ccccc2F)C(=O)O)o1. The molecule has 128 valence electrons. The average Bonchev–Trinajstić information content (AvgIpc) is 3.01. The third kappa shape index (κ3) is 4.66. The quantitative estimate of drug-likeness (QED) is 0.772. The maximum absolute atomic E-state index is 13.6. The van der Waals surface area contributed by atoms with E-state index in [2.05, 4.69) is 5.32 Å². The molecule has 0 bridgehead atoms.